The smallest absolute Gasteiger partial charge is 0.0785 e. The first-order valence-corrected chi connectivity index (χ1v) is 4.02. The van der Waals surface area contributed by atoms with E-state index in [2.05, 4.69) is 0 Å². The number of hydrogen-bond acceptors (Lipinski definition) is 2. The fourth-order valence-electron chi connectivity index (χ4n) is 1.55. The van der Waals surface area contributed by atoms with Gasteiger partial charge >= 0.3 is 0 Å². The third-order valence-electron chi connectivity index (χ3n) is 2.03. The van der Waals surface area contributed by atoms with Gasteiger partial charge in [0, 0.05) is 12.8 Å². The van der Waals surface area contributed by atoms with E-state index in [1.807, 2.05) is 6.08 Å². The van der Waals surface area contributed by atoms with Crippen molar-refractivity contribution in [2.24, 2.45) is 0 Å². The maximum absolute atomic E-state index is 7.29. The van der Waals surface area contributed by atoms with Gasteiger partial charge in [0.1, 0.15) is 0 Å². The van der Waals surface area contributed by atoms with Crippen molar-refractivity contribution in [2.45, 2.75) is 32.3 Å². The summed E-state index contributed by atoms with van der Waals surface area (Å²) in [4.78, 5) is 0. The third-order valence-corrected chi connectivity index (χ3v) is 2.03. The minimum atomic E-state index is 0.287. The highest BCUT2D eigenvalue weighted by atomic mass is 16.5. The largest absolute Gasteiger partial charge is 0.377 e. The van der Waals surface area contributed by atoms with Gasteiger partial charge in [-0.15, -0.1) is 0 Å². The summed E-state index contributed by atoms with van der Waals surface area (Å²) in [5.41, 5.74) is 1.92. The number of hydrogen-bond donors (Lipinski definition) is 1. The van der Waals surface area contributed by atoms with E-state index in [1.54, 1.807) is 14.0 Å². The zero-order chi connectivity index (χ0) is 8.27. The molecule has 0 amide bonds. The molecular formula is C9H15NO. The second kappa shape index (κ2) is 3.67. The molecule has 0 spiro atoms. The number of methoxy groups -OCH3 is 1. The molecule has 62 valence electrons. The van der Waals surface area contributed by atoms with Crippen LogP contribution in [0.4, 0.5) is 0 Å². The molecule has 1 rings (SSSR count). The van der Waals surface area contributed by atoms with Gasteiger partial charge in [0.15, 0.2) is 0 Å². The molecule has 0 aromatic heterocycles. The molecule has 0 saturated heterocycles. The lowest BCUT2D eigenvalue weighted by Crippen LogP contribution is -2.07. The molecule has 0 radical (unpaired) electrons. The summed E-state index contributed by atoms with van der Waals surface area (Å²) in [5.74, 6) is 0. The average molecular weight is 153 g/mol. The van der Waals surface area contributed by atoms with Crippen molar-refractivity contribution >= 4 is 5.71 Å². The van der Waals surface area contributed by atoms with Crippen molar-refractivity contribution in [2.75, 3.05) is 7.11 Å². The number of ether oxygens (including phenoxy) is 1. The molecule has 1 fully saturated rings. The van der Waals surface area contributed by atoms with Gasteiger partial charge in [-0.1, -0.05) is 0 Å². The van der Waals surface area contributed by atoms with Crippen molar-refractivity contribution in [3.8, 4) is 0 Å². The predicted octanol–water partition coefficient (Wildman–Crippen LogP) is 2.15. The van der Waals surface area contributed by atoms with Gasteiger partial charge in [-0.2, -0.15) is 0 Å². The third kappa shape index (κ3) is 2.15. The topological polar surface area (TPSA) is 33.1 Å². The van der Waals surface area contributed by atoms with Crippen LogP contribution in [0.25, 0.3) is 0 Å². The maximum atomic E-state index is 7.29. The van der Waals surface area contributed by atoms with Crippen LogP contribution in [0.1, 0.15) is 26.2 Å². The first-order valence-electron chi connectivity index (χ1n) is 4.02. The molecule has 0 aliphatic heterocycles. The summed E-state index contributed by atoms with van der Waals surface area (Å²) in [6.45, 7) is 1.80. The Morgan fingerprint density at radius 3 is 3.00 bits per heavy atom. The highest BCUT2D eigenvalue weighted by Gasteiger charge is 2.19. The van der Waals surface area contributed by atoms with E-state index >= 15 is 0 Å². The summed E-state index contributed by atoms with van der Waals surface area (Å²) < 4.78 is 5.26. The molecule has 2 nitrogen and oxygen atoms in total. The summed E-state index contributed by atoms with van der Waals surface area (Å²) in [5, 5.41) is 7.29. The standard InChI is InChI=1S/C9H15NO/c1-7(10)6-8-4-3-5-9(8)11-2/h6,9-10H,3-5H2,1-2H3/b8-6+,10-7?. The molecule has 11 heavy (non-hydrogen) atoms. The Morgan fingerprint density at radius 1 is 1.73 bits per heavy atom. The van der Waals surface area contributed by atoms with E-state index in [9.17, 15) is 0 Å². The zero-order valence-electron chi connectivity index (χ0n) is 7.18. The van der Waals surface area contributed by atoms with Crippen LogP contribution in [0.2, 0.25) is 0 Å². The first-order chi connectivity index (χ1) is 5.24. The molecule has 0 heterocycles. The van der Waals surface area contributed by atoms with Crippen LogP contribution in [-0.4, -0.2) is 18.9 Å². The molecule has 1 unspecified atom stereocenters. The molecule has 0 bridgehead atoms. The van der Waals surface area contributed by atoms with Crippen molar-refractivity contribution in [3.63, 3.8) is 0 Å². The normalized spacial score (nSPS) is 27.8. The molecule has 0 aromatic rings. The Kier molecular flexibility index (Phi) is 2.83. The minimum Gasteiger partial charge on any atom is -0.377 e. The van der Waals surface area contributed by atoms with Crippen LogP contribution >= 0.6 is 0 Å². The van der Waals surface area contributed by atoms with Gasteiger partial charge in [-0.25, -0.2) is 0 Å². The summed E-state index contributed by atoms with van der Waals surface area (Å²) in [6.07, 6.45) is 5.65. The Bertz CT molecular complexity index is 184. The molecule has 1 N–H and O–H groups in total. The average Bonchev–Trinajstić information content (AvgIpc) is 2.34. The SMILES string of the molecule is COC1CCC/C1=C\C(C)=N. The number of rotatable bonds is 2. The monoisotopic (exact) mass is 153 g/mol. The maximum Gasteiger partial charge on any atom is 0.0785 e. The van der Waals surface area contributed by atoms with E-state index in [-0.39, 0.29) is 6.10 Å². The van der Waals surface area contributed by atoms with Gasteiger partial charge in [0.05, 0.1) is 6.10 Å². The highest BCUT2D eigenvalue weighted by molar-refractivity contribution is 5.90. The second-order valence-electron chi connectivity index (χ2n) is 3.02. The van der Waals surface area contributed by atoms with Crippen molar-refractivity contribution in [1.82, 2.24) is 0 Å². The molecule has 2 heteroatoms. The van der Waals surface area contributed by atoms with E-state index in [0.29, 0.717) is 5.71 Å². The Labute approximate surface area is 67.8 Å². The van der Waals surface area contributed by atoms with Crippen LogP contribution in [0.15, 0.2) is 11.6 Å². The van der Waals surface area contributed by atoms with E-state index < -0.39 is 0 Å². The Balaban J connectivity index is 2.63. The van der Waals surface area contributed by atoms with Crippen LogP contribution < -0.4 is 0 Å². The number of nitrogens with one attached hydrogen (secondary N) is 1. The summed E-state index contributed by atoms with van der Waals surface area (Å²) in [7, 11) is 1.74. The van der Waals surface area contributed by atoms with Gasteiger partial charge in [0.2, 0.25) is 0 Å². The fraction of sp³-hybridized carbons (Fsp3) is 0.667. The lowest BCUT2D eigenvalue weighted by atomic mass is 10.1. The van der Waals surface area contributed by atoms with E-state index in [0.717, 1.165) is 12.8 Å². The molecule has 1 saturated carbocycles. The lowest BCUT2D eigenvalue weighted by Gasteiger charge is -2.08. The summed E-state index contributed by atoms with van der Waals surface area (Å²) >= 11 is 0. The number of allylic oxidation sites excluding steroid dienone is 1. The van der Waals surface area contributed by atoms with E-state index in [1.165, 1.54) is 12.0 Å². The van der Waals surface area contributed by atoms with Crippen LogP contribution in [0.5, 0.6) is 0 Å². The molecular weight excluding hydrogens is 138 g/mol. The van der Waals surface area contributed by atoms with Crippen molar-refractivity contribution in [3.05, 3.63) is 11.6 Å². The quantitative estimate of drug-likeness (QED) is 0.606. The van der Waals surface area contributed by atoms with Crippen molar-refractivity contribution < 1.29 is 4.74 Å². The van der Waals surface area contributed by atoms with E-state index in [4.69, 9.17) is 10.1 Å². The van der Waals surface area contributed by atoms with Gasteiger partial charge in [0.25, 0.3) is 0 Å². The molecule has 1 aliphatic carbocycles. The first kappa shape index (κ1) is 8.47. The zero-order valence-corrected chi connectivity index (χ0v) is 7.18. The summed E-state index contributed by atoms with van der Waals surface area (Å²) in [6, 6.07) is 0. The molecule has 1 aliphatic rings. The Hall–Kier alpha value is -0.630. The van der Waals surface area contributed by atoms with Crippen molar-refractivity contribution in [1.29, 1.82) is 5.41 Å². The van der Waals surface area contributed by atoms with Gasteiger partial charge in [-0.05, 0) is 37.8 Å². The van der Waals surface area contributed by atoms with Crippen LogP contribution in [-0.2, 0) is 4.74 Å². The molecule has 1 atom stereocenters. The molecule has 0 aromatic carbocycles. The minimum absolute atomic E-state index is 0.287. The highest BCUT2D eigenvalue weighted by Crippen LogP contribution is 2.26. The second-order valence-corrected chi connectivity index (χ2v) is 3.02. The van der Waals surface area contributed by atoms with Gasteiger partial charge in [-0.3, -0.25) is 0 Å². The Morgan fingerprint density at radius 2 is 2.45 bits per heavy atom. The van der Waals surface area contributed by atoms with Crippen LogP contribution in [0.3, 0.4) is 0 Å². The predicted molar refractivity (Wildman–Crippen MR) is 46.1 cm³/mol. The van der Waals surface area contributed by atoms with Crippen LogP contribution in [0, 0.1) is 5.41 Å². The van der Waals surface area contributed by atoms with Gasteiger partial charge < -0.3 is 10.1 Å². The lowest BCUT2D eigenvalue weighted by molar-refractivity contribution is 0.137. The fourth-order valence-corrected chi connectivity index (χ4v) is 1.55.